The Hall–Kier alpha value is -0.940. The van der Waals surface area contributed by atoms with E-state index in [4.69, 9.17) is 9.26 Å². The van der Waals surface area contributed by atoms with Crippen molar-refractivity contribution in [1.82, 2.24) is 10.1 Å². The predicted molar refractivity (Wildman–Crippen MR) is 68.7 cm³/mol. The van der Waals surface area contributed by atoms with E-state index in [1.165, 1.54) is 6.42 Å². The van der Waals surface area contributed by atoms with Crippen molar-refractivity contribution in [1.29, 1.82) is 0 Å². The average molecular weight is 266 g/mol. The van der Waals surface area contributed by atoms with Gasteiger partial charge in [0.1, 0.15) is 0 Å². The van der Waals surface area contributed by atoms with E-state index in [2.05, 4.69) is 24.0 Å². The van der Waals surface area contributed by atoms with Crippen molar-refractivity contribution in [3.8, 4) is 0 Å². The molecule has 2 fully saturated rings. The maximum atomic E-state index is 9.90. The Bertz CT molecular complexity index is 432. The van der Waals surface area contributed by atoms with Crippen molar-refractivity contribution in [2.24, 2.45) is 5.92 Å². The summed E-state index contributed by atoms with van der Waals surface area (Å²) >= 11 is 0. The second-order valence-corrected chi connectivity index (χ2v) is 6.25. The average Bonchev–Trinajstić information content (AvgIpc) is 3.01. The Morgan fingerprint density at radius 2 is 2.21 bits per heavy atom. The fourth-order valence-electron chi connectivity index (χ4n) is 3.24. The maximum absolute atomic E-state index is 9.90. The van der Waals surface area contributed by atoms with Gasteiger partial charge in [-0.15, -0.1) is 0 Å². The summed E-state index contributed by atoms with van der Waals surface area (Å²) < 4.78 is 11.1. The summed E-state index contributed by atoms with van der Waals surface area (Å²) in [5, 5.41) is 14.0. The summed E-state index contributed by atoms with van der Waals surface area (Å²) in [5.41, 5.74) is 0. The Balaban J connectivity index is 1.60. The lowest BCUT2D eigenvalue weighted by molar-refractivity contribution is 0.0996. The normalized spacial score (nSPS) is 31.3. The molecule has 5 heteroatoms. The molecule has 19 heavy (non-hydrogen) atoms. The highest BCUT2D eigenvalue weighted by atomic mass is 16.5. The van der Waals surface area contributed by atoms with Crippen molar-refractivity contribution in [3.63, 3.8) is 0 Å². The molecule has 4 unspecified atom stereocenters. The highest BCUT2D eigenvalue weighted by Gasteiger charge is 2.43. The molecular weight excluding hydrogens is 244 g/mol. The molecule has 0 spiro atoms. The topological polar surface area (TPSA) is 68.4 Å². The first-order valence-corrected chi connectivity index (χ1v) is 7.28. The van der Waals surface area contributed by atoms with Gasteiger partial charge in [-0.3, -0.25) is 0 Å². The molecule has 0 saturated carbocycles. The molecule has 106 valence electrons. The standard InChI is InChI=1S/C14H22N2O3/c1-8(2)5-9(17)6-13-15-14(16-19-13)11-7-10-3-4-12(11)18-10/h8-12,17H,3-7H2,1-2H3. The molecule has 0 aromatic carbocycles. The van der Waals surface area contributed by atoms with Gasteiger partial charge in [0.2, 0.25) is 5.89 Å². The highest BCUT2D eigenvalue weighted by Crippen LogP contribution is 2.43. The van der Waals surface area contributed by atoms with Crippen molar-refractivity contribution in [2.45, 2.75) is 70.2 Å². The van der Waals surface area contributed by atoms with E-state index in [0.29, 0.717) is 30.3 Å². The monoisotopic (exact) mass is 266 g/mol. The van der Waals surface area contributed by atoms with Crippen LogP contribution in [0.25, 0.3) is 0 Å². The van der Waals surface area contributed by atoms with Gasteiger partial charge in [0, 0.05) is 0 Å². The lowest BCUT2D eigenvalue weighted by Crippen LogP contribution is -2.16. The minimum atomic E-state index is -0.399. The Morgan fingerprint density at radius 3 is 2.84 bits per heavy atom. The largest absolute Gasteiger partial charge is 0.393 e. The van der Waals surface area contributed by atoms with Gasteiger partial charge in [0.15, 0.2) is 5.82 Å². The molecule has 2 aliphatic rings. The van der Waals surface area contributed by atoms with Crippen LogP contribution < -0.4 is 0 Å². The smallest absolute Gasteiger partial charge is 0.229 e. The number of rotatable bonds is 5. The number of hydrogen-bond donors (Lipinski definition) is 1. The first kappa shape index (κ1) is 13.1. The molecular formula is C14H22N2O3. The van der Waals surface area contributed by atoms with Crippen LogP contribution in [0.2, 0.25) is 0 Å². The zero-order chi connectivity index (χ0) is 13.4. The molecule has 0 aliphatic carbocycles. The highest BCUT2D eigenvalue weighted by molar-refractivity contribution is 5.07. The fourth-order valence-corrected chi connectivity index (χ4v) is 3.24. The van der Waals surface area contributed by atoms with Crippen LogP contribution in [0.5, 0.6) is 0 Å². The van der Waals surface area contributed by atoms with E-state index in [-0.39, 0.29) is 6.10 Å². The zero-order valence-corrected chi connectivity index (χ0v) is 11.6. The van der Waals surface area contributed by atoms with E-state index in [0.717, 1.165) is 25.1 Å². The van der Waals surface area contributed by atoms with Crippen LogP contribution in [0.4, 0.5) is 0 Å². The molecule has 4 atom stereocenters. The van der Waals surface area contributed by atoms with Crippen LogP contribution >= 0.6 is 0 Å². The number of hydrogen-bond acceptors (Lipinski definition) is 5. The molecule has 3 heterocycles. The van der Waals surface area contributed by atoms with Crippen LogP contribution in [-0.4, -0.2) is 33.6 Å². The Labute approximate surface area is 113 Å². The van der Waals surface area contributed by atoms with E-state index >= 15 is 0 Å². The molecule has 0 radical (unpaired) electrons. The van der Waals surface area contributed by atoms with Crippen molar-refractivity contribution in [2.75, 3.05) is 0 Å². The quantitative estimate of drug-likeness (QED) is 0.883. The summed E-state index contributed by atoms with van der Waals surface area (Å²) in [7, 11) is 0. The fraction of sp³-hybridized carbons (Fsp3) is 0.857. The molecule has 1 aromatic rings. The van der Waals surface area contributed by atoms with Gasteiger partial charge in [-0.25, -0.2) is 0 Å². The minimum Gasteiger partial charge on any atom is -0.393 e. The van der Waals surface area contributed by atoms with Gasteiger partial charge in [0.05, 0.1) is 30.7 Å². The van der Waals surface area contributed by atoms with Crippen molar-refractivity contribution in [3.05, 3.63) is 11.7 Å². The number of nitrogens with zero attached hydrogens (tertiary/aromatic N) is 2. The van der Waals surface area contributed by atoms with Gasteiger partial charge in [0.25, 0.3) is 0 Å². The predicted octanol–water partition coefficient (Wildman–Crippen LogP) is 2.05. The van der Waals surface area contributed by atoms with Crippen molar-refractivity contribution < 1.29 is 14.4 Å². The first-order chi connectivity index (χ1) is 9.11. The lowest BCUT2D eigenvalue weighted by Gasteiger charge is -2.13. The third kappa shape index (κ3) is 2.82. The maximum Gasteiger partial charge on any atom is 0.229 e. The van der Waals surface area contributed by atoms with Gasteiger partial charge < -0.3 is 14.4 Å². The number of ether oxygens (including phenoxy) is 1. The number of fused-ring (bicyclic) bond motifs is 2. The second-order valence-electron chi connectivity index (χ2n) is 6.25. The molecule has 1 aromatic heterocycles. The van der Waals surface area contributed by atoms with Crippen LogP contribution in [0.3, 0.4) is 0 Å². The van der Waals surface area contributed by atoms with Gasteiger partial charge in [-0.1, -0.05) is 19.0 Å². The van der Waals surface area contributed by atoms with Crippen LogP contribution in [0, 0.1) is 5.92 Å². The van der Waals surface area contributed by atoms with Crippen molar-refractivity contribution >= 4 is 0 Å². The lowest BCUT2D eigenvalue weighted by atomic mass is 9.89. The van der Waals surface area contributed by atoms with E-state index in [1.54, 1.807) is 0 Å². The van der Waals surface area contributed by atoms with Gasteiger partial charge in [-0.05, 0) is 31.6 Å². The first-order valence-electron chi connectivity index (χ1n) is 7.28. The zero-order valence-electron chi connectivity index (χ0n) is 11.6. The summed E-state index contributed by atoms with van der Waals surface area (Å²) in [6, 6.07) is 0. The molecule has 0 amide bonds. The third-order valence-electron chi connectivity index (χ3n) is 4.08. The number of aliphatic hydroxyl groups is 1. The van der Waals surface area contributed by atoms with Crippen LogP contribution in [-0.2, 0) is 11.2 Å². The van der Waals surface area contributed by atoms with Crippen LogP contribution in [0.1, 0.15) is 57.2 Å². The van der Waals surface area contributed by atoms with E-state index in [1.807, 2.05) is 0 Å². The second kappa shape index (κ2) is 5.21. The molecule has 5 nitrogen and oxygen atoms in total. The summed E-state index contributed by atoms with van der Waals surface area (Å²) in [6.45, 7) is 4.18. The van der Waals surface area contributed by atoms with E-state index < -0.39 is 6.10 Å². The van der Waals surface area contributed by atoms with Gasteiger partial charge in [-0.2, -0.15) is 4.98 Å². The summed E-state index contributed by atoms with van der Waals surface area (Å²) in [4.78, 5) is 4.44. The van der Waals surface area contributed by atoms with Crippen LogP contribution in [0.15, 0.2) is 4.52 Å². The minimum absolute atomic E-state index is 0.274. The SMILES string of the molecule is CC(C)CC(O)Cc1nc(C2CC3CCC2O3)no1. The Morgan fingerprint density at radius 1 is 1.37 bits per heavy atom. The van der Waals surface area contributed by atoms with Gasteiger partial charge >= 0.3 is 0 Å². The molecule has 2 aliphatic heterocycles. The molecule has 1 N–H and O–H groups in total. The molecule has 3 rings (SSSR count). The van der Waals surface area contributed by atoms with E-state index in [9.17, 15) is 5.11 Å². The molecule has 2 bridgehead atoms. The number of aliphatic hydroxyl groups excluding tert-OH is 1. The Kier molecular flexibility index (Phi) is 3.58. The summed E-state index contributed by atoms with van der Waals surface area (Å²) in [5.74, 6) is 2.07. The molecule has 2 saturated heterocycles. The summed E-state index contributed by atoms with van der Waals surface area (Å²) in [6.07, 6.45) is 4.76. The number of aromatic nitrogens is 2. The third-order valence-corrected chi connectivity index (χ3v) is 4.08.